The van der Waals surface area contributed by atoms with Gasteiger partial charge in [0, 0.05) is 24.3 Å². The molecule has 0 radical (unpaired) electrons. The van der Waals surface area contributed by atoms with Crippen LogP contribution in [0.15, 0.2) is 24.3 Å². The molecule has 154 valence electrons. The molecule has 0 aromatic carbocycles. The number of Topliss-reactive ketones (excluding diaryl/α,β-unsaturated/α-hetero) is 1. The maximum absolute atomic E-state index is 12.2. The summed E-state index contributed by atoms with van der Waals surface area (Å²) in [4.78, 5) is 22.7. The predicted molar refractivity (Wildman–Crippen MR) is 106 cm³/mol. The first kappa shape index (κ1) is 23.6. The highest BCUT2D eigenvalue weighted by Gasteiger charge is 2.39. The zero-order valence-corrected chi connectivity index (χ0v) is 16.9. The molecule has 1 saturated carbocycles. The lowest BCUT2D eigenvalue weighted by Gasteiger charge is -2.29. The van der Waals surface area contributed by atoms with E-state index in [9.17, 15) is 19.8 Å². The molecule has 1 aliphatic carbocycles. The number of carboxylic acids is 1. The summed E-state index contributed by atoms with van der Waals surface area (Å²) < 4.78 is 0. The minimum atomic E-state index is -0.949. The van der Waals surface area contributed by atoms with Crippen LogP contribution in [0, 0.1) is 17.3 Å². The third-order valence-electron chi connectivity index (χ3n) is 5.62. The summed E-state index contributed by atoms with van der Waals surface area (Å²) in [7, 11) is 0. The van der Waals surface area contributed by atoms with Gasteiger partial charge in [-0.25, -0.2) is 4.79 Å². The van der Waals surface area contributed by atoms with Crippen LogP contribution < -0.4 is 0 Å². The number of hydrogen-bond acceptors (Lipinski definition) is 4. The van der Waals surface area contributed by atoms with Crippen molar-refractivity contribution in [3.05, 3.63) is 24.3 Å². The molecule has 0 unspecified atom stereocenters. The fourth-order valence-electron chi connectivity index (χ4n) is 3.68. The van der Waals surface area contributed by atoms with Gasteiger partial charge in [-0.3, -0.25) is 4.79 Å². The largest absolute Gasteiger partial charge is 0.478 e. The number of aliphatic hydroxyl groups is 2. The van der Waals surface area contributed by atoms with E-state index in [1.165, 1.54) is 0 Å². The maximum Gasteiger partial charge on any atom is 0.327 e. The van der Waals surface area contributed by atoms with Crippen molar-refractivity contribution in [2.45, 2.75) is 84.3 Å². The number of rotatable bonds is 12. The van der Waals surface area contributed by atoms with Crippen molar-refractivity contribution in [1.82, 2.24) is 0 Å². The first-order chi connectivity index (χ1) is 12.7. The summed E-state index contributed by atoms with van der Waals surface area (Å²) in [6, 6.07) is 0. The van der Waals surface area contributed by atoms with Crippen molar-refractivity contribution in [2.75, 3.05) is 0 Å². The van der Waals surface area contributed by atoms with Crippen molar-refractivity contribution >= 4 is 11.8 Å². The number of aliphatic hydroxyl groups excluding tert-OH is 2. The van der Waals surface area contributed by atoms with E-state index in [0.29, 0.717) is 12.8 Å². The first-order valence-corrected chi connectivity index (χ1v) is 10.2. The molecule has 0 bridgehead atoms. The fraction of sp³-hybridized carbons (Fsp3) is 0.727. The Bertz CT molecular complexity index is 535. The van der Waals surface area contributed by atoms with Gasteiger partial charge in [-0.2, -0.15) is 0 Å². The molecule has 0 aliphatic heterocycles. The molecule has 0 amide bonds. The zero-order chi connectivity index (χ0) is 20.4. The highest BCUT2D eigenvalue weighted by Crippen LogP contribution is 2.35. The minimum Gasteiger partial charge on any atom is -0.478 e. The second-order valence-electron chi connectivity index (χ2n) is 8.37. The molecule has 0 heterocycles. The maximum atomic E-state index is 12.2. The Hall–Kier alpha value is -1.46. The van der Waals surface area contributed by atoms with E-state index in [-0.39, 0.29) is 29.5 Å². The topological polar surface area (TPSA) is 94.8 Å². The van der Waals surface area contributed by atoms with Crippen molar-refractivity contribution in [3.8, 4) is 0 Å². The molecule has 5 nitrogen and oxygen atoms in total. The van der Waals surface area contributed by atoms with E-state index in [4.69, 9.17) is 5.11 Å². The van der Waals surface area contributed by atoms with Crippen LogP contribution >= 0.6 is 0 Å². The molecular weight excluding hydrogens is 344 g/mol. The predicted octanol–water partition coefficient (Wildman–Crippen LogP) is 3.89. The number of carbonyl (C=O) groups excluding carboxylic acids is 1. The number of aliphatic carboxylic acids is 1. The highest BCUT2D eigenvalue weighted by atomic mass is 16.4. The Morgan fingerprint density at radius 1 is 1.30 bits per heavy atom. The summed E-state index contributed by atoms with van der Waals surface area (Å²) in [5.41, 5.74) is -0.230. The van der Waals surface area contributed by atoms with Gasteiger partial charge in [0.15, 0.2) is 0 Å². The number of hydrogen-bond donors (Lipinski definition) is 3. The summed E-state index contributed by atoms with van der Waals surface area (Å²) in [5.74, 6) is -1.33. The average molecular weight is 381 g/mol. The second kappa shape index (κ2) is 11.4. The molecule has 1 fully saturated rings. The van der Waals surface area contributed by atoms with Crippen LogP contribution in [-0.4, -0.2) is 39.3 Å². The number of carboxylic acid groups (broad SMARTS) is 1. The van der Waals surface area contributed by atoms with Crippen LogP contribution in [0.1, 0.15) is 72.1 Å². The molecule has 3 N–H and O–H groups in total. The molecule has 5 heteroatoms. The third-order valence-corrected chi connectivity index (χ3v) is 5.62. The van der Waals surface area contributed by atoms with Crippen LogP contribution in [0.2, 0.25) is 0 Å². The zero-order valence-electron chi connectivity index (χ0n) is 16.9. The van der Waals surface area contributed by atoms with Gasteiger partial charge in [0.25, 0.3) is 0 Å². The van der Waals surface area contributed by atoms with Crippen molar-refractivity contribution in [1.29, 1.82) is 0 Å². The van der Waals surface area contributed by atoms with Gasteiger partial charge in [-0.05, 0) is 31.1 Å². The van der Waals surface area contributed by atoms with Crippen LogP contribution in [0.4, 0.5) is 0 Å². The molecule has 1 rings (SSSR count). The summed E-state index contributed by atoms with van der Waals surface area (Å²) >= 11 is 0. The number of allylic oxidation sites excluding steroid dienone is 1. The van der Waals surface area contributed by atoms with Crippen molar-refractivity contribution in [2.24, 2.45) is 17.3 Å². The summed E-state index contributed by atoms with van der Waals surface area (Å²) in [5, 5.41) is 29.3. The fourth-order valence-corrected chi connectivity index (χ4v) is 3.68. The molecule has 1 aliphatic rings. The second-order valence-corrected chi connectivity index (χ2v) is 8.37. The van der Waals surface area contributed by atoms with E-state index in [2.05, 4.69) is 6.92 Å². The summed E-state index contributed by atoms with van der Waals surface area (Å²) in [6.45, 7) is 6.20. The lowest BCUT2D eigenvalue weighted by atomic mass is 9.80. The molecule has 0 aromatic rings. The van der Waals surface area contributed by atoms with Gasteiger partial charge in [0.2, 0.25) is 0 Å². The van der Waals surface area contributed by atoms with E-state index in [1.54, 1.807) is 12.2 Å². The Labute approximate surface area is 163 Å². The molecular formula is C22H36O5. The molecule has 0 spiro atoms. The number of unbranched alkanes of at least 4 members (excludes halogenated alkanes) is 3. The lowest BCUT2D eigenvalue weighted by Crippen LogP contribution is -2.28. The monoisotopic (exact) mass is 380 g/mol. The smallest absolute Gasteiger partial charge is 0.327 e. The van der Waals surface area contributed by atoms with Gasteiger partial charge >= 0.3 is 5.97 Å². The van der Waals surface area contributed by atoms with Crippen LogP contribution in [-0.2, 0) is 9.59 Å². The molecule has 4 atom stereocenters. The quantitative estimate of drug-likeness (QED) is 0.271. The Balaban J connectivity index is 2.60. The summed E-state index contributed by atoms with van der Waals surface area (Å²) in [6.07, 6.45) is 11.3. The van der Waals surface area contributed by atoms with E-state index in [1.807, 2.05) is 19.9 Å². The Kier molecular flexibility index (Phi) is 9.95. The van der Waals surface area contributed by atoms with E-state index in [0.717, 1.165) is 38.2 Å². The van der Waals surface area contributed by atoms with Crippen molar-refractivity contribution < 1.29 is 24.9 Å². The highest BCUT2D eigenvalue weighted by molar-refractivity contribution is 5.84. The van der Waals surface area contributed by atoms with Crippen molar-refractivity contribution in [3.63, 3.8) is 0 Å². The SMILES string of the molecule is CCCCC(C)(C)[C@H](O)/C=C/[C@H]1[C@H](O)CC(=O)[C@@H]1CCCC/C=C/C(=O)O. The number of carbonyl (C=O) groups is 2. The lowest BCUT2D eigenvalue weighted by molar-refractivity contribution is -0.131. The standard InChI is InChI=1S/C22H36O5/c1-4-5-14-22(2,3)20(25)13-12-17-16(18(23)15-19(17)24)10-8-6-7-9-11-21(26)27/h9,11-13,16-17,19-20,24-25H,4-8,10,14-15H2,1-3H3,(H,26,27)/b11-9+,13-12+/t16-,17-,19-,20-/m1/s1. The van der Waals surface area contributed by atoms with E-state index < -0.39 is 18.2 Å². The molecule has 0 saturated heterocycles. The molecule has 0 aromatic heterocycles. The Morgan fingerprint density at radius 3 is 2.63 bits per heavy atom. The van der Waals surface area contributed by atoms with Gasteiger partial charge in [-0.1, -0.05) is 58.3 Å². The van der Waals surface area contributed by atoms with Gasteiger partial charge in [0.1, 0.15) is 5.78 Å². The van der Waals surface area contributed by atoms with Gasteiger partial charge in [0.05, 0.1) is 12.2 Å². The van der Waals surface area contributed by atoms with E-state index >= 15 is 0 Å². The number of ketones is 1. The third kappa shape index (κ3) is 7.97. The van der Waals surface area contributed by atoms with Gasteiger partial charge in [-0.15, -0.1) is 0 Å². The average Bonchev–Trinajstić information content (AvgIpc) is 2.86. The minimum absolute atomic E-state index is 0.0814. The normalized spacial score (nSPS) is 24.9. The van der Waals surface area contributed by atoms with Gasteiger partial charge < -0.3 is 15.3 Å². The Morgan fingerprint density at radius 2 is 2.00 bits per heavy atom. The van der Waals surface area contributed by atoms with Crippen LogP contribution in [0.5, 0.6) is 0 Å². The molecule has 27 heavy (non-hydrogen) atoms. The first-order valence-electron chi connectivity index (χ1n) is 10.2. The van der Waals surface area contributed by atoms with Crippen LogP contribution in [0.25, 0.3) is 0 Å². The van der Waals surface area contributed by atoms with Crippen LogP contribution in [0.3, 0.4) is 0 Å².